The smallest absolute Gasteiger partial charge is 0.237 e. The van der Waals surface area contributed by atoms with Gasteiger partial charge in [-0.25, -0.2) is 0 Å². The van der Waals surface area contributed by atoms with E-state index >= 15 is 0 Å². The first kappa shape index (κ1) is 19.6. The number of thioether (sulfide) groups is 1. The average molecular weight is 397 g/mol. The quantitative estimate of drug-likeness (QED) is 0.637. The molecule has 25 heavy (non-hydrogen) atoms. The third kappa shape index (κ3) is 5.66. The number of amides is 2. The van der Waals surface area contributed by atoms with Crippen LogP contribution in [0.4, 0.5) is 11.4 Å². The van der Waals surface area contributed by atoms with Gasteiger partial charge in [0.2, 0.25) is 11.8 Å². The predicted molar refractivity (Wildman–Crippen MR) is 106 cm³/mol. The van der Waals surface area contributed by atoms with E-state index in [1.165, 1.54) is 18.7 Å². The predicted octanol–water partition coefficient (Wildman–Crippen LogP) is 5.46. The van der Waals surface area contributed by atoms with Crippen LogP contribution in [0.1, 0.15) is 20.3 Å². The van der Waals surface area contributed by atoms with Gasteiger partial charge < -0.3 is 10.6 Å². The molecule has 132 valence electrons. The maximum Gasteiger partial charge on any atom is 0.237 e. The summed E-state index contributed by atoms with van der Waals surface area (Å²) in [5, 5.41) is 5.97. The van der Waals surface area contributed by atoms with Crippen molar-refractivity contribution in [3.05, 3.63) is 52.5 Å². The maximum absolute atomic E-state index is 12.6. The highest BCUT2D eigenvalue weighted by Crippen LogP contribution is 2.32. The van der Waals surface area contributed by atoms with E-state index in [1.54, 1.807) is 24.3 Å². The third-order valence-electron chi connectivity index (χ3n) is 3.31. The fourth-order valence-corrected chi connectivity index (χ4v) is 3.51. The number of carbonyl (C=O) groups is 2. The fraction of sp³-hybridized carbons (Fsp3) is 0.222. The molecule has 1 atom stereocenters. The lowest BCUT2D eigenvalue weighted by Crippen LogP contribution is -2.24. The maximum atomic E-state index is 12.6. The SMILES string of the molecule is CCC(Sc1cccc(NC(C)=O)c1)C(=O)Nc1cccc(Cl)c1Cl. The molecule has 2 amide bonds. The van der Waals surface area contributed by atoms with Crippen LogP contribution in [0.5, 0.6) is 0 Å². The standard InChI is InChI=1S/C18H18Cl2N2O2S/c1-3-16(18(24)22-15-9-5-8-14(19)17(15)20)25-13-7-4-6-12(10-13)21-11(2)23/h4-10,16H,3H2,1-2H3,(H,21,23)(H,22,24). The van der Waals surface area contributed by atoms with Gasteiger partial charge in [-0.2, -0.15) is 0 Å². The molecule has 0 bridgehead atoms. The lowest BCUT2D eigenvalue weighted by atomic mass is 10.2. The van der Waals surface area contributed by atoms with Crippen molar-refractivity contribution in [2.24, 2.45) is 0 Å². The van der Waals surface area contributed by atoms with Crippen LogP contribution in [0.25, 0.3) is 0 Å². The van der Waals surface area contributed by atoms with Crippen molar-refractivity contribution in [3.63, 3.8) is 0 Å². The van der Waals surface area contributed by atoms with Crippen molar-refractivity contribution in [3.8, 4) is 0 Å². The molecule has 0 heterocycles. The molecule has 0 spiro atoms. The summed E-state index contributed by atoms with van der Waals surface area (Å²) in [6.45, 7) is 3.39. The Labute approximate surface area is 161 Å². The molecule has 0 saturated carbocycles. The van der Waals surface area contributed by atoms with Gasteiger partial charge in [0.25, 0.3) is 0 Å². The Bertz CT molecular complexity index is 783. The number of anilines is 2. The highest BCUT2D eigenvalue weighted by Gasteiger charge is 2.19. The van der Waals surface area contributed by atoms with Crippen LogP contribution in [0.3, 0.4) is 0 Å². The van der Waals surface area contributed by atoms with Crippen molar-refractivity contribution in [2.75, 3.05) is 10.6 Å². The molecule has 2 N–H and O–H groups in total. The van der Waals surface area contributed by atoms with Gasteiger partial charge in [0, 0.05) is 17.5 Å². The van der Waals surface area contributed by atoms with Gasteiger partial charge in [0.1, 0.15) is 0 Å². The van der Waals surface area contributed by atoms with Crippen LogP contribution >= 0.6 is 35.0 Å². The molecule has 0 radical (unpaired) electrons. The second kappa shape index (κ2) is 9.13. The molecule has 1 unspecified atom stereocenters. The third-order valence-corrected chi connectivity index (χ3v) is 5.48. The van der Waals surface area contributed by atoms with Crippen LogP contribution < -0.4 is 10.6 Å². The number of carbonyl (C=O) groups excluding carboxylic acids is 2. The molecule has 0 aliphatic rings. The van der Waals surface area contributed by atoms with Crippen molar-refractivity contribution in [1.82, 2.24) is 0 Å². The molecule has 0 saturated heterocycles. The zero-order valence-corrected chi connectivity index (χ0v) is 16.1. The minimum atomic E-state index is -0.303. The first-order chi connectivity index (χ1) is 11.9. The van der Waals surface area contributed by atoms with Gasteiger partial charge in [-0.15, -0.1) is 11.8 Å². The minimum absolute atomic E-state index is 0.137. The number of nitrogens with one attached hydrogen (secondary N) is 2. The fourth-order valence-electron chi connectivity index (χ4n) is 2.15. The number of rotatable bonds is 6. The van der Waals surface area contributed by atoms with Gasteiger partial charge in [0.15, 0.2) is 0 Å². The number of benzene rings is 2. The van der Waals surface area contributed by atoms with E-state index in [4.69, 9.17) is 23.2 Å². The lowest BCUT2D eigenvalue weighted by molar-refractivity contribution is -0.116. The Morgan fingerprint density at radius 3 is 2.52 bits per heavy atom. The summed E-state index contributed by atoms with van der Waals surface area (Å²) in [4.78, 5) is 24.6. The van der Waals surface area contributed by atoms with Crippen molar-refractivity contribution < 1.29 is 9.59 Å². The van der Waals surface area contributed by atoms with Crippen LogP contribution in [-0.2, 0) is 9.59 Å². The van der Waals surface area contributed by atoms with E-state index in [1.807, 2.05) is 25.1 Å². The summed E-state index contributed by atoms with van der Waals surface area (Å²) in [5.74, 6) is -0.288. The largest absolute Gasteiger partial charge is 0.326 e. The normalized spacial score (nSPS) is 11.7. The minimum Gasteiger partial charge on any atom is -0.326 e. The Balaban J connectivity index is 2.10. The molecular formula is C18H18Cl2N2O2S. The average Bonchev–Trinajstić information content (AvgIpc) is 2.56. The second-order valence-electron chi connectivity index (χ2n) is 5.31. The monoisotopic (exact) mass is 396 g/mol. The summed E-state index contributed by atoms with van der Waals surface area (Å²) in [7, 11) is 0. The molecule has 4 nitrogen and oxygen atoms in total. The summed E-state index contributed by atoms with van der Waals surface area (Å²) >= 11 is 13.5. The highest BCUT2D eigenvalue weighted by atomic mass is 35.5. The molecule has 2 aromatic carbocycles. The summed E-state index contributed by atoms with van der Waals surface area (Å²) < 4.78 is 0. The molecule has 0 fully saturated rings. The van der Waals surface area contributed by atoms with Gasteiger partial charge >= 0.3 is 0 Å². The van der Waals surface area contributed by atoms with Gasteiger partial charge in [0.05, 0.1) is 21.0 Å². The molecule has 2 rings (SSSR count). The molecule has 0 aliphatic carbocycles. The number of halogens is 2. The van der Waals surface area contributed by atoms with Crippen LogP contribution in [0.2, 0.25) is 10.0 Å². The summed E-state index contributed by atoms with van der Waals surface area (Å²) in [6, 6.07) is 12.5. The van der Waals surface area contributed by atoms with Gasteiger partial charge in [-0.05, 0) is 36.8 Å². The number of hydrogen-bond donors (Lipinski definition) is 2. The van der Waals surface area contributed by atoms with Crippen molar-refractivity contribution in [2.45, 2.75) is 30.4 Å². The van der Waals surface area contributed by atoms with E-state index < -0.39 is 0 Å². The van der Waals surface area contributed by atoms with E-state index in [9.17, 15) is 9.59 Å². The molecule has 0 aliphatic heterocycles. The van der Waals surface area contributed by atoms with Crippen LogP contribution in [0.15, 0.2) is 47.4 Å². The first-order valence-corrected chi connectivity index (χ1v) is 9.33. The zero-order chi connectivity index (χ0) is 18.4. The summed E-state index contributed by atoms with van der Waals surface area (Å²) in [6.07, 6.45) is 0.638. The highest BCUT2D eigenvalue weighted by molar-refractivity contribution is 8.00. The van der Waals surface area contributed by atoms with Crippen LogP contribution in [0, 0.1) is 0 Å². The van der Waals surface area contributed by atoms with Crippen molar-refractivity contribution in [1.29, 1.82) is 0 Å². The van der Waals surface area contributed by atoms with E-state index in [0.717, 1.165) is 4.90 Å². The Hall–Kier alpha value is -1.69. The zero-order valence-electron chi connectivity index (χ0n) is 13.8. The van der Waals surface area contributed by atoms with Crippen LogP contribution in [-0.4, -0.2) is 17.1 Å². The van der Waals surface area contributed by atoms with E-state index in [0.29, 0.717) is 27.8 Å². The number of hydrogen-bond acceptors (Lipinski definition) is 3. The molecule has 0 aromatic heterocycles. The Kier molecular flexibility index (Phi) is 7.17. The summed E-state index contributed by atoms with van der Waals surface area (Å²) in [5.41, 5.74) is 1.19. The lowest BCUT2D eigenvalue weighted by Gasteiger charge is -2.16. The first-order valence-electron chi connectivity index (χ1n) is 7.70. The molecular weight excluding hydrogens is 379 g/mol. The van der Waals surface area contributed by atoms with Crippen molar-refractivity contribution >= 4 is 58.2 Å². The van der Waals surface area contributed by atoms with Gasteiger partial charge in [-0.1, -0.05) is 42.3 Å². The van der Waals surface area contributed by atoms with Gasteiger partial charge in [-0.3, -0.25) is 9.59 Å². The molecule has 2 aromatic rings. The Morgan fingerprint density at radius 1 is 1.12 bits per heavy atom. The topological polar surface area (TPSA) is 58.2 Å². The van der Waals surface area contributed by atoms with E-state index in [-0.39, 0.29) is 17.1 Å². The van der Waals surface area contributed by atoms with E-state index in [2.05, 4.69) is 10.6 Å². The molecule has 7 heteroatoms. The Morgan fingerprint density at radius 2 is 1.84 bits per heavy atom. The second-order valence-corrected chi connectivity index (χ2v) is 7.38.